The maximum Gasteiger partial charge on any atom is 0.258 e. The molecule has 1 atom stereocenters. The predicted molar refractivity (Wildman–Crippen MR) is 166 cm³/mol. The number of carbonyl (C=O) groups excluding carboxylic acids is 2. The highest BCUT2D eigenvalue weighted by Crippen LogP contribution is 2.35. The van der Waals surface area contributed by atoms with Crippen LogP contribution in [-0.2, 0) is 4.79 Å². The molecule has 2 amide bonds. The van der Waals surface area contributed by atoms with Gasteiger partial charge < -0.3 is 16.4 Å². The largest absolute Gasteiger partial charge is 0.353 e. The van der Waals surface area contributed by atoms with Gasteiger partial charge in [0.05, 0.1) is 11.5 Å². The minimum atomic E-state index is -0.254. The molecular weight excluding hydrogens is 528 g/mol. The van der Waals surface area contributed by atoms with E-state index in [4.69, 9.17) is 5.73 Å². The summed E-state index contributed by atoms with van der Waals surface area (Å²) in [6, 6.07) is 21.7. The Balaban J connectivity index is 1.10. The maximum atomic E-state index is 13.1. The average molecular weight is 571 g/mol. The monoisotopic (exact) mass is 570 g/mol. The zero-order chi connectivity index (χ0) is 28.6. The molecule has 2 aliphatic rings. The zero-order valence-electron chi connectivity index (χ0n) is 23.9. The molecule has 3 aromatic rings. The Bertz CT molecular complexity index is 1280. The van der Waals surface area contributed by atoms with Crippen LogP contribution in [0.15, 0.2) is 82.8 Å². The first-order chi connectivity index (χ1) is 19.9. The topological polar surface area (TPSA) is 97.1 Å². The second-order valence-corrected chi connectivity index (χ2v) is 12.9. The lowest BCUT2D eigenvalue weighted by Crippen LogP contribution is -2.40. The molecule has 2 aliphatic carbocycles. The molecule has 2 fully saturated rings. The maximum absolute atomic E-state index is 13.1. The molecule has 1 heterocycles. The quantitative estimate of drug-likeness (QED) is 0.253. The Hall–Kier alpha value is -3.16. The van der Waals surface area contributed by atoms with Crippen molar-refractivity contribution in [2.24, 2.45) is 17.6 Å². The van der Waals surface area contributed by atoms with Crippen molar-refractivity contribution in [1.82, 2.24) is 10.3 Å². The van der Waals surface area contributed by atoms with Crippen molar-refractivity contribution in [3.05, 3.63) is 84.1 Å². The van der Waals surface area contributed by atoms with Gasteiger partial charge in [-0.1, -0.05) is 42.1 Å². The number of carbonyl (C=O) groups is 2. The fourth-order valence-electron chi connectivity index (χ4n) is 6.21. The second-order valence-electron chi connectivity index (χ2n) is 11.8. The van der Waals surface area contributed by atoms with Crippen LogP contribution in [0.5, 0.6) is 0 Å². The van der Waals surface area contributed by atoms with Crippen molar-refractivity contribution in [3.8, 4) is 0 Å². The molecule has 0 bridgehead atoms. The number of benzene rings is 2. The van der Waals surface area contributed by atoms with Crippen LogP contribution in [0.3, 0.4) is 0 Å². The Labute approximate surface area is 248 Å². The third-order valence-corrected chi connectivity index (χ3v) is 9.81. The van der Waals surface area contributed by atoms with Crippen LogP contribution < -0.4 is 16.4 Å². The van der Waals surface area contributed by atoms with Gasteiger partial charge in [0.25, 0.3) is 5.91 Å². The molecule has 216 valence electrons. The number of nitrogens with one attached hydrogen (secondary N) is 2. The number of nitrogens with two attached hydrogens (primary N) is 1. The van der Waals surface area contributed by atoms with E-state index >= 15 is 0 Å². The number of aromatic nitrogens is 1. The minimum absolute atomic E-state index is 0.0736. The summed E-state index contributed by atoms with van der Waals surface area (Å²) in [5.74, 6) is 1.25. The van der Waals surface area contributed by atoms with Crippen molar-refractivity contribution in [3.63, 3.8) is 0 Å². The number of hydrogen-bond donors (Lipinski definition) is 3. The number of pyridine rings is 1. The van der Waals surface area contributed by atoms with Gasteiger partial charge in [-0.05, 0) is 119 Å². The summed E-state index contributed by atoms with van der Waals surface area (Å²) in [5.41, 5.74) is 8.22. The zero-order valence-corrected chi connectivity index (χ0v) is 24.7. The number of anilines is 1. The van der Waals surface area contributed by atoms with Crippen molar-refractivity contribution in [2.75, 3.05) is 5.32 Å². The molecule has 5 rings (SSSR count). The first-order valence-electron chi connectivity index (χ1n) is 15.1. The van der Waals surface area contributed by atoms with Crippen LogP contribution in [-0.4, -0.2) is 28.9 Å². The molecule has 0 aliphatic heterocycles. The van der Waals surface area contributed by atoms with E-state index in [1.54, 1.807) is 18.3 Å². The van der Waals surface area contributed by atoms with E-state index in [0.717, 1.165) is 35.1 Å². The fourth-order valence-corrected chi connectivity index (χ4v) is 7.11. The number of nitrogens with zero attached hydrogens (tertiary/aromatic N) is 1. The average Bonchev–Trinajstić information content (AvgIpc) is 3.00. The third kappa shape index (κ3) is 8.20. The van der Waals surface area contributed by atoms with Gasteiger partial charge in [0.15, 0.2) is 0 Å². The Kier molecular flexibility index (Phi) is 10.1. The van der Waals surface area contributed by atoms with Crippen molar-refractivity contribution in [2.45, 2.75) is 92.6 Å². The van der Waals surface area contributed by atoms with Crippen LogP contribution in [0.1, 0.15) is 86.6 Å². The molecular formula is C34H42N4O2S. The third-order valence-electron chi connectivity index (χ3n) is 8.79. The summed E-state index contributed by atoms with van der Waals surface area (Å²) < 4.78 is 0. The van der Waals surface area contributed by atoms with E-state index in [1.165, 1.54) is 56.7 Å². The van der Waals surface area contributed by atoms with Gasteiger partial charge in [0.2, 0.25) is 5.91 Å². The number of hydrogen-bond acceptors (Lipinski definition) is 5. The molecule has 2 saturated carbocycles. The van der Waals surface area contributed by atoms with Gasteiger partial charge in [-0.15, -0.1) is 0 Å². The molecule has 1 aromatic heterocycles. The highest BCUT2D eigenvalue weighted by molar-refractivity contribution is 7.99. The normalized spacial score (nSPS) is 23.4. The van der Waals surface area contributed by atoms with E-state index in [0.29, 0.717) is 22.3 Å². The molecule has 1 unspecified atom stereocenters. The summed E-state index contributed by atoms with van der Waals surface area (Å²) in [6.45, 7) is 1.95. The number of rotatable bonds is 9. The Morgan fingerprint density at radius 1 is 0.878 bits per heavy atom. The first-order valence-corrected chi connectivity index (χ1v) is 15.9. The Morgan fingerprint density at radius 3 is 2.22 bits per heavy atom. The number of amides is 2. The molecule has 41 heavy (non-hydrogen) atoms. The molecule has 0 radical (unpaired) electrons. The lowest BCUT2D eigenvalue weighted by Gasteiger charge is -2.34. The minimum Gasteiger partial charge on any atom is -0.353 e. The molecule has 4 N–H and O–H groups in total. The summed E-state index contributed by atoms with van der Waals surface area (Å²) in [4.78, 5) is 31.6. The van der Waals surface area contributed by atoms with Gasteiger partial charge >= 0.3 is 0 Å². The van der Waals surface area contributed by atoms with Gasteiger partial charge in [0.1, 0.15) is 5.03 Å². The van der Waals surface area contributed by atoms with Crippen LogP contribution in [0.25, 0.3) is 0 Å². The molecule has 6 nitrogen and oxygen atoms in total. The van der Waals surface area contributed by atoms with Crippen molar-refractivity contribution >= 4 is 29.3 Å². The predicted octanol–water partition coefficient (Wildman–Crippen LogP) is 7.17. The van der Waals surface area contributed by atoms with E-state index in [9.17, 15) is 9.59 Å². The molecule has 0 saturated heterocycles. The van der Waals surface area contributed by atoms with Gasteiger partial charge in [0, 0.05) is 28.9 Å². The van der Waals surface area contributed by atoms with Crippen LogP contribution in [0, 0.1) is 11.8 Å². The van der Waals surface area contributed by atoms with Gasteiger partial charge in [-0.25, -0.2) is 4.98 Å². The highest BCUT2D eigenvalue weighted by Gasteiger charge is 2.28. The van der Waals surface area contributed by atoms with Crippen LogP contribution >= 0.6 is 11.8 Å². The molecule has 0 spiro atoms. The lowest BCUT2D eigenvalue weighted by atomic mass is 9.76. The Morgan fingerprint density at radius 2 is 1.54 bits per heavy atom. The summed E-state index contributed by atoms with van der Waals surface area (Å²) >= 11 is 1.46. The van der Waals surface area contributed by atoms with E-state index in [-0.39, 0.29) is 23.8 Å². The van der Waals surface area contributed by atoms with Crippen LogP contribution in [0.2, 0.25) is 0 Å². The summed E-state index contributed by atoms with van der Waals surface area (Å²) in [5, 5.41) is 6.95. The van der Waals surface area contributed by atoms with E-state index in [1.807, 2.05) is 61.5 Å². The first kappa shape index (κ1) is 29.3. The highest BCUT2D eigenvalue weighted by atomic mass is 32.2. The van der Waals surface area contributed by atoms with Crippen molar-refractivity contribution < 1.29 is 9.59 Å². The lowest BCUT2D eigenvalue weighted by molar-refractivity contribution is -0.123. The summed E-state index contributed by atoms with van der Waals surface area (Å²) in [6.07, 6.45) is 12.5. The molecule has 7 heteroatoms. The fraction of sp³-hybridized carbons (Fsp3) is 0.441. The second kappa shape index (κ2) is 14.1. The molecule has 2 aromatic carbocycles. The van der Waals surface area contributed by atoms with Crippen LogP contribution in [0.4, 0.5) is 5.69 Å². The van der Waals surface area contributed by atoms with Crippen molar-refractivity contribution in [1.29, 1.82) is 0 Å². The van der Waals surface area contributed by atoms with E-state index < -0.39 is 0 Å². The van der Waals surface area contributed by atoms with Gasteiger partial charge in [-0.2, -0.15) is 0 Å². The van der Waals surface area contributed by atoms with Gasteiger partial charge in [-0.3, -0.25) is 9.59 Å². The summed E-state index contributed by atoms with van der Waals surface area (Å²) in [7, 11) is 0. The van der Waals surface area contributed by atoms with E-state index in [2.05, 4.69) is 15.6 Å². The smallest absolute Gasteiger partial charge is 0.258 e. The SMILES string of the molecule is CC(C(=O)NC1CCC(CC2CCC(N)CC2)CC1)c1ccc(NC(=O)c2cccnc2Sc2ccccc2)cc1. The standard InChI is InChI=1S/C34H42N4O2S/c1-23(32(39)37-28-17-11-25(12-18-28)22-24-9-15-27(35)16-10-24)26-13-19-29(20-14-26)38-33(40)31-8-5-21-36-34(31)41-30-6-3-2-4-7-30/h2-8,13-14,19-21,23-25,27-28H,9-12,15-18,22,35H2,1H3,(H,37,39)(H,38,40).